The lowest BCUT2D eigenvalue weighted by Crippen LogP contribution is -2.61. The molecule has 5 rings (SSSR count). The van der Waals surface area contributed by atoms with Gasteiger partial charge in [0.2, 0.25) is 23.6 Å². The van der Waals surface area contributed by atoms with Gasteiger partial charge in [-0.25, -0.2) is 0 Å². The van der Waals surface area contributed by atoms with Crippen LogP contribution in [0.25, 0.3) is 0 Å². The van der Waals surface area contributed by atoms with E-state index in [4.69, 9.17) is 18.9 Å². The van der Waals surface area contributed by atoms with Crippen molar-refractivity contribution in [2.24, 2.45) is 22.7 Å². The Hall–Kier alpha value is -3.76. The van der Waals surface area contributed by atoms with Gasteiger partial charge in [0.15, 0.2) is 23.5 Å². The molecule has 322 valence electrons. The highest BCUT2D eigenvalue weighted by atomic mass is 16.7. The van der Waals surface area contributed by atoms with Crippen LogP contribution in [0.1, 0.15) is 105 Å². The van der Waals surface area contributed by atoms with Crippen molar-refractivity contribution in [2.75, 3.05) is 39.6 Å². The Kier molecular flexibility index (Phi) is 16.0. The molecule has 1 aliphatic heterocycles. The van der Waals surface area contributed by atoms with Crippen LogP contribution in [0.2, 0.25) is 0 Å². The molecule has 4 amide bonds. The maximum atomic E-state index is 14.3. The summed E-state index contributed by atoms with van der Waals surface area (Å²) in [6.45, 7) is 6.22. The Labute approximate surface area is 341 Å². The third-order valence-corrected chi connectivity index (χ3v) is 12.9. The van der Waals surface area contributed by atoms with E-state index in [1.165, 1.54) is 0 Å². The van der Waals surface area contributed by atoms with Crippen molar-refractivity contribution in [1.29, 1.82) is 0 Å². The van der Waals surface area contributed by atoms with E-state index in [0.717, 1.165) is 56.9 Å². The maximum absolute atomic E-state index is 14.3. The molecular weight excluding hydrogens is 748 g/mol. The van der Waals surface area contributed by atoms with Gasteiger partial charge in [-0.3, -0.25) is 28.8 Å². The molecule has 58 heavy (non-hydrogen) atoms. The smallest absolute Gasteiger partial charge is 0.246 e. The molecule has 0 aromatic rings. The minimum absolute atomic E-state index is 0.00664. The Balaban J connectivity index is 1.05. The van der Waals surface area contributed by atoms with Crippen LogP contribution in [0.5, 0.6) is 0 Å². The third-order valence-electron chi connectivity index (χ3n) is 12.9. The van der Waals surface area contributed by atoms with Gasteiger partial charge in [0.05, 0.1) is 37.9 Å². The summed E-state index contributed by atoms with van der Waals surface area (Å²) in [6.07, 6.45) is 17.0. The number of nitrogens with one attached hydrogen (secondary N) is 4. The summed E-state index contributed by atoms with van der Waals surface area (Å²) in [6, 6.07) is 0. The second-order valence-electron chi connectivity index (χ2n) is 16.9. The van der Waals surface area contributed by atoms with Crippen LogP contribution in [0.15, 0.2) is 36.0 Å². The molecule has 9 atom stereocenters. The van der Waals surface area contributed by atoms with Crippen molar-refractivity contribution in [3.05, 3.63) is 36.0 Å². The number of carbonyl (C=O) groups is 6. The Morgan fingerprint density at radius 3 is 2.31 bits per heavy atom. The minimum atomic E-state index is -1.35. The molecule has 3 fully saturated rings. The van der Waals surface area contributed by atoms with Crippen LogP contribution in [-0.2, 0) is 47.7 Å². The average molecular weight is 813 g/mol. The van der Waals surface area contributed by atoms with E-state index in [1.54, 1.807) is 12.2 Å². The van der Waals surface area contributed by atoms with E-state index in [-0.39, 0.29) is 56.0 Å². The molecule has 0 bridgehead atoms. The summed E-state index contributed by atoms with van der Waals surface area (Å²) in [5.74, 6) is -2.73. The highest BCUT2D eigenvalue weighted by Gasteiger charge is 2.73. The number of amides is 4. The fourth-order valence-corrected chi connectivity index (χ4v) is 9.74. The number of aliphatic hydroxyl groups excluding tert-OH is 1. The summed E-state index contributed by atoms with van der Waals surface area (Å²) in [7, 11) is 0. The van der Waals surface area contributed by atoms with Gasteiger partial charge in [-0.1, -0.05) is 77.2 Å². The van der Waals surface area contributed by atoms with Gasteiger partial charge in [0, 0.05) is 10.8 Å². The second kappa shape index (κ2) is 20.5. The largest absolute Gasteiger partial charge is 0.393 e. The molecule has 0 aromatic heterocycles. The van der Waals surface area contributed by atoms with Crippen LogP contribution in [0.4, 0.5) is 0 Å². The molecule has 5 N–H and O–H groups in total. The maximum Gasteiger partial charge on any atom is 0.246 e. The number of rotatable bonds is 19. The number of Topliss-reactive ketones (excluding diaryl/α,β-unsaturated/α-hetero) is 1. The highest BCUT2D eigenvalue weighted by Crippen LogP contribution is 2.66. The highest BCUT2D eigenvalue weighted by molar-refractivity contribution is 6.01. The predicted octanol–water partition coefficient (Wildman–Crippen LogP) is 2.85. The molecule has 15 heteroatoms. The molecule has 2 saturated carbocycles. The number of hydrogen-bond acceptors (Lipinski definition) is 11. The van der Waals surface area contributed by atoms with E-state index in [0.29, 0.717) is 25.7 Å². The van der Waals surface area contributed by atoms with Crippen molar-refractivity contribution in [3.8, 4) is 0 Å². The average Bonchev–Trinajstić information content (AvgIpc) is 3.65. The zero-order valence-electron chi connectivity index (χ0n) is 34.6. The first-order valence-corrected chi connectivity index (χ1v) is 21.2. The van der Waals surface area contributed by atoms with Crippen LogP contribution in [0, 0.1) is 22.7 Å². The second-order valence-corrected chi connectivity index (χ2v) is 16.9. The van der Waals surface area contributed by atoms with E-state index in [1.807, 2.05) is 26.0 Å². The Morgan fingerprint density at radius 2 is 1.60 bits per heavy atom. The molecule has 15 nitrogen and oxygen atoms in total. The zero-order chi connectivity index (χ0) is 41.9. The van der Waals surface area contributed by atoms with E-state index >= 15 is 0 Å². The summed E-state index contributed by atoms with van der Waals surface area (Å²) >= 11 is 0. The van der Waals surface area contributed by atoms with Gasteiger partial charge < -0.3 is 45.3 Å². The van der Waals surface area contributed by atoms with Crippen molar-refractivity contribution in [2.45, 2.75) is 135 Å². The first kappa shape index (κ1) is 45.3. The first-order chi connectivity index (χ1) is 27.7. The molecule has 0 spiro atoms. The number of aliphatic hydroxyl groups is 1. The van der Waals surface area contributed by atoms with Crippen LogP contribution in [0.3, 0.4) is 0 Å². The van der Waals surface area contributed by atoms with Crippen molar-refractivity contribution >= 4 is 35.2 Å². The molecular formula is C43H64N4O11. The molecule has 1 saturated heterocycles. The predicted molar refractivity (Wildman–Crippen MR) is 213 cm³/mol. The van der Waals surface area contributed by atoms with Crippen molar-refractivity contribution in [1.82, 2.24) is 21.3 Å². The normalized spacial score (nSPS) is 33.5. The van der Waals surface area contributed by atoms with Crippen molar-refractivity contribution in [3.63, 3.8) is 0 Å². The van der Waals surface area contributed by atoms with Crippen LogP contribution >= 0.6 is 0 Å². The molecule has 0 radical (unpaired) electrons. The van der Waals surface area contributed by atoms with Gasteiger partial charge in [0.25, 0.3) is 0 Å². The summed E-state index contributed by atoms with van der Waals surface area (Å²) in [4.78, 5) is 75.6. The SMILES string of the molecule is CCCC1=CC(=O)C=C[C@]1(C)[C@@H]1C[C@@H]2C[C@H]3OC(CCC)O[C@@]3(C(=O)COCNC(=O)CNC(=O)CNC(=O)CNC(=O)COC3/C=C\CCCCC3)[C@@]2(C)C[C@@H]1O. The van der Waals surface area contributed by atoms with Crippen LogP contribution in [-0.4, -0.2) is 110 Å². The molecule has 1 heterocycles. The van der Waals surface area contributed by atoms with Gasteiger partial charge in [-0.05, 0) is 75.4 Å². The number of ketones is 2. The first-order valence-electron chi connectivity index (χ1n) is 21.2. The summed E-state index contributed by atoms with van der Waals surface area (Å²) in [5, 5.41) is 21.6. The molecule has 4 aliphatic carbocycles. The lowest BCUT2D eigenvalue weighted by molar-refractivity contribution is -0.189. The number of ether oxygens (including phenoxy) is 4. The lowest BCUT2D eigenvalue weighted by Gasteiger charge is -2.53. The fourth-order valence-electron chi connectivity index (χ4n) is 9.74. The van der Waals surface area contributed by atoms with Crippen molar-refractivity contribution < 1.29 is 52.8 Å². The van der Waals surface area contributed by atoms with Gasteiger partial charge in [-0.2, -0.15) is 0 Å². The Morgan fingerprint density at radius 1 is 0.897 bits per heavy atom. The lowest BCUT2D eigenvalue weighted by atomic mass is 9.53. The monoisotopic (exact) mass is 812 g/mol. The number of fused-ring (bicyclic) bond motifs is 3. The van der Waals surface area contributed by atoms with E-state index in [9.17, 15) is 33.9 Å². The number of carbonyl (C=O) groups excluding carboxylic acids is 6. The summed E-state index contributed by atoms with van der Waals surface area (Å²) in [5.41, 5.74) is -1.59. The number of allylic oxidation sites excluding steroid dienone is 5. The quantitative estimate of drug-likeness (QED) is 0.0728. The standard InChI is InChI=1S/C43H64N4O11/c1-5-12-28-18-30(48)16-17-41(28,3)32-19-29-20-35-43(42(29,4)21-33(32)49,58-40(57-35)13-6-2)34(50)25-55-27-47-38(53)24-45-36(51)22-44-37(52)23-46-39(54)26-56-31-14-10-8-7-9-11-15-31/h10,14,16-18,29,31-33,35,40,49H,5-9,11-13,15,19-27H2,1-4H3,(H,44,52)(H,45,51)(H,46,54)(H,47,53)/b14-10-/t29-,31?,32-,33+,35-,40?,41+,42+,43-/m1/s1. The molecule has 2 unspecified atom stereocenters. The molecule has 0 aromatic carbocycles. The number of hydrogen-bond donors (Lipinski definition) is 5. The topological polar surface area (TPSA) is 208 Å². The van der Waals surface area contributed by atoms with Gasteiger partial charge in [-0.15, -0.1) is 0 Å². The van der Waals surface area contributed by atoms with Gasteiger partial charge in [0.1, 0.15) is 19.9 Å². The fraction of sp³-hybridized carbons (Fsp3) is 0.721. The Bertz CT molecular complexity index is 1610. The minimum Gasteiger partial charge on any atom is -0.393 e. The third kappa shape index (κ3) is 10.5. The van der Waals surface area contributed by atoms with Crippen LogP contribution < -0.4 is 21.3 Å². The molecule has 5 aliphatic rings. The van der Waals surface area contributed by atoms with E-state index < -0.39 is 71.6 Å². The zero-order valence-corrected chi connectivity index (χ0v) is 34.6. The van der Waals surface area contributed by atoms with E-state index in [2.05, 4.69) is 41.2 Å². The van der Waals surface area contributed by atoms with Gasteiger partial charge >= 0.3 is 0 Å². The summed E-state index contributed by atoms with van der Waals surface area (Å²) < 4.78 is 24.3.